The van der Waals surface area contributed by atoms with Gasteiger partial charge in [-0.15, -0.1) is 0 Å². The predicted molar refractivity (Wildman–Crippen MR) is 80.1 cm³/mol. The van der Waals surface area contributed by atoms with Gasteiger partial charge in [-0.1, -0.05) is 49.9 Å². The van der Waals surface area contributed by atoms with Gasteiger partial charge in [0.25, 0.3) is 0 Å². The summed E-state index contributed by atoms with van der Waals surface area (Å²) in [6.07, 6.45) is 1.81. The number of anilines is 1. The fraction of sp³-hybridized carbons (Fsp3) is 0.500. The minimum Gasteiger partial charge on any atom is -0.398 e. The largest absolute Gasteiger partial charge is 0.398 e. The van der Waals surface area contributed by atoms with Crippen molar-refractivity contribution in [2.45, 2.75) is 31.6 Å². The number of benzene rings is 1. The maximum absolute atomic E-state index is 12.2. The highest BCUT2D eigenvalue weighted by Crippen LogP contribution is 2.31. The van der Waals surface area contributed by atoms with Gasteiger partial charge in [-0.05, 0) is 18.1 Å². The molecule has 0 radical (unpaired) electrons. The van der Waals surface area contributed by atoms with Crippen LogP contribution in [0.1, 0.15) is 26.7 Å². The van der Waals surface area contributed by atoms with Crippen molar-refractivity contribution in [1.82, 2.24) is 4.72 Å². The zero-order valence-electron chi connectivity index (χ0n) is 10.9. The predicted octanol–water partition coefficient (Wildman–Crippen LogP) is 3.29. The Morgan fingerprint density at radius 3 is 2.32 bits per heavy atom. The van der Waals surface area contributed by atoms with Crippen molar-refractivity contribution in [3.8, 4) is 0 Å². The number of hydrogen-bond acceptors (Lipinski definition) is 3. The van der Waals surface area contributed by atoms with Gasteiger partial charge in [0.1, 0.15) is 4.90 Å². The van der Waals surface area contributed by atoms with E-state index in [2.05, 4.69) is 4.72 Å². The molecule has 19 heavy (non-hydrogen) atoms. The number of hydrogen-bond donors (Lipinski definition) is 2. The molecule has 108 valence electrons. The van der Waals surface area contributed by atoms with E-state index in [1.807, 2.05) is 13.8 Å². The average Bonchev–Trinajstić information content (AvgIpc) is 2.28. The second-order valence-electron chi connectivity index (χ2n) is 4.34. The van der Waals surface area contributed by atoms with Gasteiger partial charge >= 0.3 is 0 Å². The van der Waals surface area contributed by atoms with E-state index in [4.69, 9.17) is 28.9 Å². The van der Waals surface area contributed by atoms with E-state index in [9.17, 15) is 8.42 Å². The van der Waals surface area contributed by atoms with Crippen LogP contribution >= 0.6 is 23.2 Å². The molecule has 1 aromatic carbocycles. The molecule has 0 unspecified atom stereocenters. The van der Waals surface area contributed by atoms with E-state index in [0.717, 1.165) is 12.8 Å². The smallest absolute Gasteiger partial charge is 0.244 e. The number of halogens is 2. The molecule has 0 aliphatic carbocycles. The van der Waals surface area contributed by atoms with Gasteiger partial charge in [0.05, 0.1) is 10.7 Å². The molecular weight excluding hydrogens is 307 g/mol. The van der Waals surface area contributed by atoms with E-state index in [-0.39, 0.29) is 15.6 Å². The summed E-state index contributed by atoms with van der Waals surface area (Å²) in [5.74, 6) is 0.294. The minimum atomic E-state index is -3.72. The first-order chi connectivity index (χ1) is 8.81. The van der Waals surface area contributed by atoms with Crippen molar-refractivity contribution < 1.29 is 8.42 Å². The Labute approximate surface area is 124 Å². The van der Waals surface area contributed by atoms with E-state index < -0.39 is 10.0 Å². The van der Waals surface area contributed by atoms with Crippen molar-refractivity contribution in [3.63, 3.8) is 0 Å². The lowest BCUT2D eigenvalue weighted by molar-refractivity contribution is 0.479. The zero-order valence-corrected chi connectivity index (χ0v) is 13.2. The summed E-state index contributed by atoms with van der Waals surface area (Å²) in [6, 6.07) is 2.74. The molecular formula is C12H18Cl2N2O2S. The maximum Gasteiger partial charge on any atom is 0.244 e. The third-order valence-electron chi connectivity index (χ3n) is 3.02. The van der Waals surface area contributed by atoms with Crippen LogP contribution in [0.4, 0.5) is 5.69 Å². The summed E-state index contributed by atoms with van der Waals surface area (Å²) >= 11 is 11.7. The van der Waals surface area contributed by atoms with Crippen molar-refractivity contribution >= 4 is 38.9 Å². The SMILES string of the molecule is CCC(CC)CNS(=O)(=O)c1c(N)cc(Cl)cc1Cl. The summed E-state index contributed by atoms with van der Waals surface area (Å²) < 4.78 is 26.9. The third-order valence-corrected chi connectivity index (χ3v) is 5.19. The monoisotopic (exact) mass is 324 g/mol. The summed E-state index contributed by atoms with van der Waals surface area (Å²) in [6.45, 7) is 4.41. The van der Waals surface area contributed by atoms with Crippen molar-refractivity contribution in [2.75, 3.05) is 12.3 Å². The van der Waals surface area contributed by atoms with Gasteiger partial charge in [0.15, 0.2) is 0 Å². The van der Waals surface area contributed by atoms with Crippen LogP contribution in [0.25, 0.3) is 0 Å². The molecule has 0 fully saturated rings. The molecule has 0 bridgehead atoms. The lowest BCUT2D eigenvalue weighted by Crippen LogP contribution is -2.29. The minimum absolute atomic E-state index is 0.0297. The van der Waals surface area contributed by atoms with Crippen molar-refractivity contribution in [1.29, 1.82) is 0 Å². The van der Waals surface area contributed by atoms with Gasteiger partial charge in [0, 0.05) is 11.6 Å². The van der Waals surface area contributed by atoms with Gasteiger partial charge in [-0.25, -0.2) is 13.1 Å². The molecule has 1 aromatic rings. The van der Waals surface area contributed by atoms with Crippen LogP contribution in [0.3, 0.4) is 0 Å². The molecule has 0 aliphatic heterocycles. The van der Waals surface area contributed by atoms with Crippen LogP contribution in [0.5, 0.6) is 0 Å². The maximum atomic E-state index is 12.2. The van der Waals surface area contributed by atoms with E-state index in [0.29, 0.717) is 17.5 Å². The Kier molecular flexibility index (Phi) is 5.92. The summed E-state index contributed by atoms with van der Waals surface area (Å²) in [5, 5.41) is 0.337. The molecule has 0 aliphatic rings. The second-order valence-corrected chi connectivity index (χ2v) is 6.89. The molecule has 0 saturated heterocycles. The topological polar surface area (TPSA) is 72.2 Å². The Hall–Kier alpha value is -0.490. The number of nitrogens with one attached hydrogen (secondary N) is 1. The number of rotatable bonds is 6. The van der Waals surface area contributed by atoms with E-state index >= 15 is 0 Å². The molecule has 7 heteroatoms. The lowest BCUT2D eigenvalue weighted by atomic mass is 10.0. The summed E-state index contributed by atoms with van der Waals surface area (Å²) in [5.41, 5.74) is 5.74. The fourth-order valence-corrected chi connectivity index (χ4v) is 3.84. The Morgan fingerprint density at radius 1 is 1.26 bits per heavy atom. The normalized spacial score (nSPS) is 12.1. The van der Waals surface area contributed by atoms with Crippen molar-refractivity contribution in [3.05, 3.63) is 22.2 Å². The molecule has 0 heterocycles. The van der Waals surface area contributed by atoms with Crippen LogP contribution < -0.4 is 10.5 Å². The highest BCUT2D eigenvalue weighted by atomic mass is 35.5. The molecule has 0 atom stereocenters. The van der Waals surface area contributed by atoms with Crippen LogP contribution in [0, 0.1) is 5.92 Å². The van der Waals surface area contributed by atoms with Crippen LogP contribution in [-0.4, -0.2) is 15.0 Å². The van der Waals surface area contributed by atoms with Crippen molar-refractivity contribution in [2.24, 2.45) is 5.92 Å². The Balaban J connectivity index is 3.01. The Morgan fingerprint density at radius 2 is 1.84 bits per heavy atom. The summed E-state index contributed by atoms with van der Waals surface area (Å²) in [7, 11) is -3.72. The zero-order chi connectivity index (χ0) is 14.6. The average molecular weight is 325 g/mol. The lowest BCUT2D eigenvalue weighted by Gasteiger charge is -2.15. The van der Waals surface area contributed by atoms with Gasteiger partial charge < -0.3 is 5.73 Å². The summed E-state index contributed by atoms with van der Waals surface area (Å²) in [4.78, 5) is -0.107. The first-order valence-electron chi connectivity index (χ1n) is 6.06. The van der Waals surface area contributed by atoms with E-state index in [1.54, 1.807) is 0 Å². The standard InChI is InChI=1S/C12H18Cl2N2O2S/c1-3-8(4-2)7-16-19(17,18)12-10(14)5-9(13)6-11(12)15/h5-6,8,16H,3-4,7,15H2,1-2H3. The quantitative estimate of drug-likeness (QED) is 0.788. The number of nitrogens with two attached hydrogens (primary N) is 1. The van der Waals surface area contributed by atoms with Crippen LogP contribution in [-0.2, 0) is 10.0 Å². The van der Waals surface area contributed by atoms with Gasteiger partial charge in [-0.3, -0.25) is 0 Å². The first-order valence-corrected chi connectivity index (χ1v) is 8.29. The molecule has 1 rings (SSSR count). The highest BCUT2D eigenvalue weighted by Gasteiger charge is 2.22. The second kappa shape index (κ2) is 6.79. The van der Waals surface area contributed by atoms with E-state index in [1.165, 1.54) is 12.1 Å². The number of nitrogen functional groups attached to an aromatic ring is 1. The molecule has 0 aromatic heterocycles. The molecule has 0 spiro atoms. The number of sulfonamides is 1. The third kappa shape index (κ3) is 4.24. The van der Waals surface area contributed by atoms with Gasteiger partial charge in [-0.2, -0.15) is 0 Å². The molecule has 3 N–H and O–H groups in total. The highest BCUT2D eigenvalue weighted by molar-refractivity contribution is 7.89. The first kappa shape index (κ1) is 16.6. The fourth-order valence-electron chi connectivity index (χ4n) is 1.74. The van der Waals surface area contributed by atoms with Gasteiger partial charge in [0.2, 0.25) is 10.0 Å². The van der Waals surface area contributed by atoms with Crippen LogP contribution in [0.15, 0.2) is 17.0 Å². The molecule has 4 nitrogen and oxygen atoms in total. The Bertz CT molecular complexity index is 520. The molecule has 0 amide bonds. The molecule has 0 saturated carbocycles. The van der Waals surface area contributed by atoms with Crippen LogP contribution in [0.2, 0.25) is 10.0 Å².